The van der Waals surface area contributed by atoms with Gasteiger partial charge in [-0.25, -0.2) is 0 Å². The van der Waals surface area contributed by atoms with Crippen LogP contribution < -0.4 is 5.32 Å². The molecule has 1 aliphatic heterocycles. The molecule has 2 atom stereocenters. The Morgan fingerprint density at radius 2 is 2.47 bits per heavy atom. The monoisotopic (exact) mass is 224 g/mol. The van der Waals surface area contributed by atoms with Gasteiger partial charge in [-0.2, -0.15) is 0 Å². The molecule has 0 radical (unpaired) electrons. The molecule has 1 saturated heterocycles. The second kappa shape index (κ2) is 5.37. The SMILES string of the molecule is O=[S@@](Cc1ccccn1)C[C@@H]1CCCN1. The number of hydrogen-bond acceptors (Lipinski definition) is 3. The van der Waals surface area contributed by atoms with Crippen molar-refractivity contribution in [3.63, 3.8) is 0 Å². The quantitative estimate of drug-likeness (QED) is 0.832. The number of rotatable bonds is 4. The highest BCUT2D eigenvalue weighted by molar-refractivity contribution is 7.84. The van der Waals surface area contributed by atoms with Crippen LogP contribution in [0.3, 0.4) is 0 Å². The molecule has 0 unspecified atom stereocenters. The van der Waals surface area contributed by atoms with E-state index >= 15 is 0 Å². The minimum atomic E-state index is -0.786. The third-order valence-electron chi connectivity index (χ3n) is 2.58. The van der Waals surface area contributed by atoms with Crippen LogP contribution in [0.15, 0.2) is 24.4 Å². The predicted octanol–water partition coefficient (Wildman–Crippen LogP) is 1.08. The van der Waals surface area contributed by atoms with Crippen molar-refractivity contribution >= 4 is 10.8 Å². The fourth-order valence-corrected chi connectivity index (χ4v) is 3.18. The Bertz CT molecular complexity index is 323. The molecule has 82 valence electrons. The molecular weight excluding hydrogens is 208 g/mol. The van der Waals surface area contributed by atoms with Gasteiger partial charge in [0.05, 0.1) is 11.4 Å². The van der Waals surface area contributed by atoms with E-state index in [0.29, 0.717) is 11.8 Å². The number of aromatic nitrogens is 1. The molecule has 2 heterocycles. The highest BCUT2D eigenvalue weighted by atomic mass is 32.2. The van der Waals surface area contributed by atoms with E-state index < -0.39 is 10.8 Å². The first-order valence-corrected chi connectivity index (χ1v) is 6.81. The van der Waals surface area contributed by atoms with Crippen molar-refractivity contribution in [2.75, 3.05) is 12.3 Å². The highest BCUT2D eigenvalue weighted by Gasteiger charge is 2.16. The van der Waals surface area contributed by atoms with Crippen LogP contribution in [0.1, 0.15) is 18.5 Å². The lowest BCUT2D eigenvalue weighted by atomic mass is 10.3. The molecule has 0 aliphatic carbocycles. The number of hydrogen-bond donors (Lipinski definition) is 1. The van der Waals surface area contributed by atoms with E-state index in [9.17, 15) is 4.21 Å². The summed E-state index contributed by atoms with van der Waals surface area (Å²) in [6.45, 7) is 1.07. The summed E-state index contributed by atoms with van der Waals surface area (Å²) >= 11 is 0. The summed E-state index contributed by atoms with van der Waals surface area (Å²) < 4.78 is 11.8. The van der Waals surface area contributed by atoms with Gasteiger partial charge in [-0.05, 0) is 31.5 Å². The van der Waals surface area contributed by atoms with Gasteiger partial charge in [-0.1, -0.05) is 6.07 Å². The standard InChI is InChI=1S/C11H16N2OS/c14-15(9-11-5-3-7-13-11)8-10-4-1-2-6-12-10/h1-2,4,6,11,13H,3,5,7-9H2/t11-,15-/m0/s1. The zero-order chi connectivity index (χ0) is 10.5. The van der Waals surface area contributed by atoms with Gasteiger partial charge < -0.3 is 5.32 Å². The Kier molecular flexibility index (Phi) is 3.86. The molecule has 1 aromatic heterocycles. The van der Waals surface area contributed by atoms with Crippen LogP contribution >= 0.6 is 0 Å². The maximum absolute atomic E-state index is 11.8. The van der Waals surface area contributed by atoms with Crippen molar-refractivity contribution in [2.24, 2.45) is 0 Å². The molecule has 0 saturated carbocycles. The third kappa shape index (κ3) is 3.39. The molecule has 2 rings (SSSR count). The molecule has 1 N–H and O–H groups in total. The van der Waals surface area contributed by atoms with Gasteiger partial charge in [0.1, 0.15) is 0 Å². The second-order valence-corrected chi connectivity index (χ2v) is 5.37. The summed E-state index contributed by atoms with van der Waals surface area (Å²) in [5, 5.41) is 3.36. The van der Waals surface area contributed by atoms with Crippen molar-refractivity contribution in [2.45, 2.75) is 24.6 Å². The summed E-state index contributed by atoms with van der Waals surface area (Å²) in [7, 11) is -0.786. The molecule has 3 nitrogen and oxygen atoms in total. The predicted molar refractivity (Wildman–Crippen MR) is 62.0 cm³/mol. The van der Waals surface area contributed by atoms with Gasteiger partial charge in [0.2, 0.25) is 0 Å². The molecule has 0 bridgehead atoms. The minimum absolute atomic E-state index is 0.453. The fourth-order valence-electron chi connectivity index (χ4n) is 1.83. The largest absolute Gasteiger partial charge is 0.313 e. The van der Waals surface area contributed by atoms with E-state index in [1.165, 1.54) is 6.42 Å². The van der Waals surface area contributed by atoms with Crippen LogP contribution in [0.2, 0.25) is 0 Å². The van der Waals surface area contributed by atoms with Gasteiger partial charge in [0.15, 0.2) is 0 Å². The molecule has 1 aromatic rings. The summed E-state index contributed by atoms with van der Waals surface area (Å²) in [5.74, 6) is 1.34. The molecule has 0 aromatic carbocycles. The van der Waals surface area contributed by atoms with E-state index in [1.54, 1.807) is 6.20 Å². The van der Waals surface area contributed by atoms with Crippen molar-refractivity contribution in [3.8, 4) is 0 Å². The first kappa shape index (κ1) is 10.8. The zero-order valence-electron chi connectivity index (χ0n) is 8.69. The zero-order valence-corrected chi connectivity index (χ0v) is 9.50. The van der Waals surface area contributed by atoms with Crippen molar-refractivity contribution in [1.82, 2.24) is 10.3 Å². The summed E-state index contributed by atoms with van der Waals surface area (Å²) in [5.41, 5.74) is 0.925. The van der Waals surface area contributed by atoms with Gasteiger partial charge in [-0.3, -0.25) is 9.19 Å². The smallest absolute Gasteiger partial charge is 0.0659 e. The lowest BCUT2D eigenvalue weighted by Crippen LogP contribution is -2.28. The van der Waals surface area contributed by atoms with E-state index in [2.05, 4.69) is 10.3 Å². The molecule has 0 amide bonds. The topological polar surface area (TPSA) is 42.0 Å². The van der Waals surface area contributed by atoms with E-state index in [0.717, 1.165) is 24.4 Å². The lowest BCUT2D eigenvalue weighted by Gasteiger charge is -2.08. The Morgan fingerprint density at radius 3 is 3.13 bits per heavy atom. The van der Waals surface area contributed by atoms with Crippen molar-refractivity contribution in [3.05, 3.63) is 30.1 Å². The Hall–Kier alpha value is -0.740. The van der Waals surface area contributed by atoms with Crippen LogP contribution in [0.4, 0.5) is 0 Å². The Morgan fingerprint density at radius 1 is 1.53 bits per heavy atom. The summed E-state index contributed by atoms with van der Waals surface area (Å²) in [4.78, 5) is 4.18. The van der Waals surface area contributed by atoms with Crippen molar-refractivity contribution in [1.29, 1.82) is 0 Å². The maximum Gasteiger partial charge on any atom is 0.0659 e. The average Bonchev–Trinajstić information content (AvgIpc) is 2.71. The van der Waals surface area contributed by atoms with Gasteiger partial charge in [0.25, 0.3) is 0 Å². The number of nitrogens with zero attached hydrogens (tertiary/aromatic N) is 1. The number of pyridine rings is 1. The Labute approximate surface area is 92.8 Å². The number of nitrogens with one attached hydrogen (secondary N) is 1. The lowest BCUT2D eigenvalue weighted by molar-refractivity contribution is 0.642. The van der Waals surface area contributed by atoms with Crippen molar-refractivity contribution < 1.29 is 4.21 Å². The molecule has 1 fully saturated rings. The van der Waals surface area contributed by atoms with E-state index in [-0.39, 0.29) is 0 Å². The van der Waals surface area contributed by atoms with Gasteiger partial charge >= 0.3 is 0 Å². The molecule has 15 heavy (non-hydrogen) atoms. The third-order valence-corrected chi connectivity index (χ3v) is 3.98. The van der Waals surface area contributed by atoms with Crippen LogP contribution in [-0.4, -0.2) is 27.5 Å². The molecular formula is C11H16N2OS. The van der Waals surface area contributed by atoms with E-state index in [4.69, 9.17) is 0 Å². The van der Waals surface area contributed by atoms with Crippen LogP contribution in [0.5, 0.6) is 0 Å². The minimum Gasteiger partial charge on any atom is -0.313 e. The van der Waals surface area contributed by atoms with Crippen LogP contribution in [-0.2, 0) is 16.6 Å². The first-order valence-electron chi connectivity index (χ1n) is 5.33. The normalized spacial score (nSPS) is 22.8. The van der Waals surface area contributed by atoms with Gasteiger partial charge in [-0.15, -0.1) is 0 Å². The maximum atomic E-state index is 11.8. The molecule has 4 heteroatoms. The molecule has 0 spiro atoms. The Balaban J connectivity index is 1.82. The average molecular weight is 224 g/mol. The first-order chi connectivity index (χ1) is 7.34. The van der Waals surface area contributed by atoms with Crippen LogP contribution in [0.25, 0.3) is 0 Å². The summed E-state index contributed by atoms with van der Waals surface area (Å²) in [6, 6.07) is 6.20. The van der Waals surface area contributed by atoms with Crippen LogP contribution in [0, 0.1) is 0 Å². The van der Waals surface area contributed by atoms with E-state index in [1.807, 2.05) is 18.2 Å². The van der Waals surface area contributed by atoms with Gasteiger partial charge in [0, 0.05) is 28.8 Å². The fraction of sp³-hybridized carbons (Fsp3) is 0.545. The molecule has 1 aliphatic rings. The second-order valence-electron chi connectivity index (χ2n) is 3.87. The summed E-state index contributed by atoms with van der Waals surface area (Å²) in [6.07, 6.45) is 4.12. The highest BCUT2D eigenvalue weighted by Crippen LogP contribution is 2.08.